The van der Waals surface area contributed by atoms with Crippen molar-refractivity contribution in [1.82, 2.24) is 4.48 Å². The molecule has 4 heteroatoms. The summed E-state index contributed by atoms with van der Waals surface area (Å²) in [7, 11) is 0. The molecule has 2 aliphatic heterocycles. The zero-order valence-electron chi connectivity index (χ0n) is 44.9. The summed E-state index contributed by atoms with van der Waals surface area (Å²) < 4.78 is 5.73. The summed E-state index contributed by atoms with van der Waals surface area (Å²) in [5, 5.41) is 11.1. The molecule has 0 N–H and O–H groups in total. The third kappa shape index (κ3) is 4.64. The number of hydrogen-bond donors (Lipinski definition) is 0. The molecule has 0 saturated heterocycles. The number of fused-ring (bicyclic) bond motifs is 16. The highest BCUT2D eigenvalue weighted by Gasteiger charge is 2.78. The molecule has 0 amide bonds. The first-order valence-electron chi connectivity index (χ1n) is 30.2. The molecule has 4 heterocycles. The van der Waals surface area contributed by atoms with E-state index in [-0.39, 0.29) is 17.7 Å². The van der Waals surface area contributed by atoms with Gasteiger partial charge in [-0.2, -0.15) is 0 Å². The highest BCUT2D eigenvalue weighted by atomic mass is 32.1. The average Bonchev–Trinajstić information content (AvgIpc) is 2.95. The van der Waals surface area contributed by atoms with Gasteiger partial charge in [-0.25, -0.2) is 0 Å². The summed E-state index contributed by atoms with van der Waals surface area (Å²) in [6.07, 6.45) is 14.5. The lowest BCUT2D eigenvalue weighted by Gasteiger charge is -2.66. The Morgan fingerprint density at radius 1 is 0.487 bits per heavy atom. The van der Waals surface area contributed by atoms with Gasteiger partial charge in [-0.1, -0.05) is 118 Å². The van der Waals surface area contributed by atoms with Crippen LogP contribution in [0.5, 0.6) is 0 Å². The monoisotopic (exact) mass is 1020 g/mol. The molecule has 21 rings (SSSR count). The number of aromatic nitrogens is 1. The molecule has 2 spiro atoms. The maximum Gasteiger partial charge on any atom is 0.334 e. The Morgan fingerprint density at radius 2 is 1.14 bits per heavy atom. The van der Waals surface area contributed by atoms with E-state index in [0.717, 1.165) is 35.5 Å². The van der Waals surface area contributed by atoms with Crippen LogP contribution in [0.3, 0.4) is 0 Å². The van der Waals surface area contributed by atoms with Crippen LogP contribution in [0, 0.1) is 46.3 Å². The summed E-state index contributed by atoms with van der Waals surface area (Å²) in [4.78, 5) is 2.77. The van der Waals surface area contributed by atoms with Crippen molar-refractivity contribution in [3.63, 3.8) is 0 Å². The molecule has 8 fully saturated rings. The standard InChI is InChI=1S/C74H61BN2S/c1-70(2,3)44-17-20-61(55(30-44)40-11-5-4-6-12-40)76-63-22-19-54-57-23-41-13-7-8-14-42(41)25-64(57)78-69(54)66(63)75-65-58(24-43-15-9-10-16-53(43)68(65)76)60-33-46(72-36-51-28-48-29-52(37-72)74(48,51)39-72)32-59-56-31-45(18-21-62(56)77(75)67(59)60)71-34-49-26-47-27-50(35-71)73(47,49)38-71/h4-25,30-33,47-52H,26-29,34-39H2,1-3H3. The molecule has 10 aliphatic rings. The average molecular weight is 1020 g/mol. The third-order valence-corrected chi connectivity index (χ3v) is 26.3. The van der Waals surface area contributed by atoms with E-state index in [0.29, 0.717) is 16.2 Å². The molecule has 9 aromatic carbocycles. The highest BCUT2D eigenvalue weighted by molar-refractivity contribution is 7.27. The number of thiophene rings is 1. The lowest BCUT2D eigenvalue weighted by atomic mass is 9.38. The summed E-state index contributed by atoms with van der Waals surface area (Å²) in [5.74, 6) is 5.79. The minimum Gasteiger partial charge on any atom is -0.375 e. The van der Waals surface area contributed by atoms with Crippen molar-refractivity contribution >= 4 is 110 Å². The van der Waals surface area contributed by atoms with E-state index in [1.807, 2.05) is 11.3 Å². The van der Waals surface area contributed by atoms with E-state index in [1.54, 1.807) is 11.1 Å². The second kappa shape index (κ2) is 13.3. The van der Waals surface area contributed by atoms with E-state index in [9.17, 15) is 0 Å². The summed E-state index contributed by atoms with van der Waals surface area (Å²) in [6, 6.07) is 63.7. The fraction of sp³-hybridized carbons (Fsp3) is 0.324. The Labute approximate surface area is 460 Å². The Hall–Kier alpha value is -6.62. The zero-order chi connectivity index (χ0) is 50.7. The van der Waals surface area contributed by atoms with Crippen molar-refractivity contribution in [3.8, 4) is 22.3 Å². The van der Waals surface area contributed by atoms with Crippen LogP contribution in [0.1, 0.15) is 102 Å². The predicted octanol–water partition coefficient (Wildman–Crippen LogP) is 18.0. The molecular formula is C74H61BN2S. The van der Waals surface area contributed by atoms with E-state index >= 15 is 0 Å². The maximum atomic E-state index is 2.94. The predicted molar refractivity (Wildman–Crippen MR) is 327 cm³/mol. The molecule has 4 bridgehead atoms. The third-order valence-electron chi connectivity index (χ3n) is 25.1. The number of rotatable bonds is 4. The van der Waals surface area contributed by atoms with Crippen molar-refractivity contribution in [3.05, 3.63) is 174 Å². The van der Waals surface area contributed by atoms with E-state index in [2.05, 4.69) is 188 Å². The first-order valence-corrected chi connectivity index (χ1v) is 31.0. The fourth-order valence-electron chi connectivity index (χ4n) is 22.0. The lowest BCUT2D eigenvalue weighted by molar-refractivity contribution is -0.175. The quantitative estimate of drug-likeness (QED) is 0.160. The van der Waals surface area contributed by atoms with E-state index in [1.165, 1.54) is 184 Å². The van der Waals surface area contributed by atoms with Gasteiger partial charge in [0.25, 0.3) is 0 Å². The van der Waals surface area contributed by atoms with Crippen molar-refractivity contribution in [2.45, 2.75) is 101 Å². The normalized spacial score (nSPS) is 31.4. The molecule has 2 nitrogen and oxygen atoms in total. The first-order chi connectivity index (χ1) is 38.1. The van der Waals surface area contributed by atoms with Gasteiger partial charge >= 0.3 is 6.85 Å². The Morgan fingerprint density at radius 3 is 1.85 bits per heavy atom. The van der Waals surface area contributed by atoms with Gasteiger partial charge in [0.15, 0.2) is 0 Å². The minimum atomic E-state index is -0.0415. The second-order valence-corrected chi connectivity index (χ2v) is 29.8. The van der Waals surface area contributed by atoms with Crippen molar-refractivity contribution in [1.29, 1.82) is 0 Å². The van der Waals surface area contributed by atoms with Crippen LogP contribution in [0.15, 0.2) is 158 Å². The van der Waals surface area contributed by atoms with Crippen LogP contribution in [0.25, 0.3) is 85.8 Å². The summed E-state index contributed by atoms with van der Waals surface area (Å²) in [6.45, 7) is 7.06. The number of benzene rings is 9. The van der Waals surface area contributed by atoms with Gasteiger partial charge in [0.1, 0.15) is 0 Å². The molecule has 11 aromatic rings. The molecule has 78 heavy (non-hydrogen) atoms. The van der Waals surface area contributed by atoms with Crippen LogP contribution in [-0.4, -0.2) is 11.3 Å². The molecule has 8 aliphatic carbocycles. The Bertz CT molecular complexity index is 4630. The van der Waals surface area contributed by atoms with Gasteiger partial charge in [-0.3, -0.25) is 0 Å². The fourth-order valence-corrected chi connectivity index (χ4v) is 23.3. The lowest BCUT2D eigenvalue weighted by Crippen LogP contribution is -2.59. The smallest absolute Gasteiger partial charge is 0.334 e. The van der Waals surface area contributed by atoms with Gasteiger partial charge < -0.3 is 9.38 Å². The van der Waals surface area contributed by atoms with Crippen LogP contribution in [0.4, 0.5) is 17.1 Å². The molecule has 4 unspecified atom stereocenters. The van der Waals surface area contributed by atoms with Gasteiger partial charge in [0, 0.05) is 64.2 Å². The zero-order valence-corrected chi connectivity index (χ0v) is 45.7. The first kappa shape index (κ1) is 42.3. The highest BCUT2D eigenvalue weighted by Crippen LogP contribution is 2.86. The van der Waals surface area contributed by atoms with E-state index < -0.39 is 0 Å². The molecule has 0 radical (unpaired) electrons. The van der Waals surface area contributed by atoms with Gasteiger partial charge in [-0.15, -0.1) is 11.3 Å². The molecule has 8 saturated carbocycles. The van der Waals surface area contributed by atoms with Crippen LogP contribution < -0.4 is 15.8 Å². The molecule has 2 aromatic heterocycles. The van der Waals surface area contributed by atoms with Gasteiger partial charge in [0.2, 0.25) is 0 Å². The van der Waals surface area contributed by atoms with Crippen LogP contribution in [-0.2, 0) is 16.2 Å². The summed E-state index contributed by atoms with van der Waals surface area (Å²) in [5.41, 5.74) is 21.8. The number of nitrogens with zero attached hydrogens (tertiary/aromatic N) is 2. The topological polar surface area (TPSA) is 8.17 Å². The summed E-state index contributed by atoms with van der Waals surface area (Å²) >= 11 is 2.03. The van der Waals surface area contributed by atoms with Gasteiger partial charge in [0.05, 0.1) is 11.4 Å². The van der Waals surface area contributed by atoms with Crippen molar-refractivity contribution in [2.24, 2.45) is 46.3 Å². The van der Waals surface area contributed by atoms with Crippen molar-refractivity contribution in [2.75, 3.05) is 4.90 Å². The number of anilines is 3. The Balaban J connectivity index is 0.911. The van der Waals surface area contributed by atoms with Gasteiger partial charge in [-0.05, 0) is 242 Å². The molecular weight excluding hydrogens is 960 g/mol. The van der Waals surface area contributed by atoms with Crippen LogP contribution in [0.2, 0.25) is 0 Å². The number of hydrogen-bond acceptors (Lipinski definition) is 2. The SMILES string of the molecule is CC(C)(C)c1ccc(N2c3ccc4c(sc5cc6ccccc6cc54)c3B3c4c(cc5ccccc5c42)-c2cc(C45CC6CC7CC(C4)C76C5)cc4c5cc(C67CC8CC9CC(C6)C98C7)ccc5n3c24)c(-c2ccccc2)c1. The Kier molecular flexibility index (Phi) is 7.24. The molecule has 376 valence electrons. The van der Waals surface area contributed by atoms with Crippen LogP contribution >= 0.6 is 11.3 Å². The minimum absolute atomic E-state index is 0.0191. The largest absolute Gasteiger partial charge is 0.375 e. The maximum absolute atomic E-state index is 2.94. The van der Waals surface area contributed by atoms with E-state index in [4.69, 9.17) is 0 Å². The second-order valence-electron chi connectivity index (χ2n) is 28.8. The molecule has 4 atom stereocenters. The van der Waals surface area contributed by atoms with Crippen molar-refractivity contribution < 1.29 is 0 Å².